The van der Waals surface area contributed by atoms with Gasteiger partial charge in [0.1, 0.15) is 0 Å². The van der Waals surface area contributed by atoms with Crippen molar-refractivity contribution in [1.29, 1.82) is 0 Å². The first-order valence-corrected chi connectivity index (χ1v) is 6.15. The summed E-state index contributed by atoms with van der Waals surface area (Å²) in [6, 6.07) is 0. The highest BCUT2D eigenvalue weighted by atomic mass is 32.1. The lowest BCUT2D eigenvalue weighted by atomic mass is 9.49. The van der Waals surface area contributed by atoms with Crippen LogP contribution in [0, 0.1) is 6.92 Å². The molecule has 1 aliphatic heterocycles. The molecular formula is C10H12B3NOS. The summed E-state index contributed by atoms with van der Waals surface area (Å²) in [5.41, 5.74) is 2.54. The minimum atomic E-state index is -1.34. The van der Waals surface area contributed by atoms with Crippen LogP contribution >= 0.6 is 11.3 Å². The molecule has 2 heterocycles. The van der Waals surface area contributed by atoms with Crippen LogP contribution < -0.4 is 5.32 Å². The van der Waals surface area contributed by atoms with Gasteiger partial charge in [0, 0.05) is 17.8 Å². The van der Waals surface area contributed by atoms with Crippen LogP contribution in [0.15, 0.2) is 5.38 Å². The largest absolute Gasteiger partial charge is 0.372 e. The molecule has 0 aromatic carbocycles. The lowest BCUT2D eigenvalue weighted by Gasteiger charge is -2.29. The number of thiophene rings is 1. The van der Waals surface area contributed by atoms with Gasteiger partial charge in [-0.2, -0.15) is 0 Å². The van der Waals surface area contributed by atoms with E-state index in [0.29, 0.717) is 6.54 Å². The van der Waals surface area contributed by atoms with Crippen LogP contribution in [0.2, 0.25) is 0 Å². The molecule has 6 radical (unpaired) electrons. The van der Waals surface area contributed by atoms with Gasteiger partial charge in [0.15, 0.2) is 0 Å². The van der Waals surface area contributed by atoms with Gasteiger partial charge in [-0.25, -0.2) is 0 Å². The van der Waals surface area contributed by atoms with Crippen LogP contribution in [0.1, 0.15) is 22.1 Å². The molecule has 0 bridgehead atoms. The number of hydrogen-bond acceptors (Lipinski definition) is 3. The van der Waals surface area contributed by atoms with Crippen molar-refractivity contribution in [3.05, 3.63) is 21.4 Å². The molecule has 0 aliphatic carbocycles. The molecule has 0 unspecified atom stereocenters. The second-order valence-corrected chi connectivity index (χ2v) is 5.14. The zero-order valence-electron chi connectivity index (χ0n) is 9.32. The van der Waals surface area contributed by atoms with Crippen molar-refractivity contribution in [3.63, 3.8) is 0 Å². The summed E-state index contributed by atoms with van der Waals surface area (Å²) in [7, 11) is 16.4. The molecule has 0 spiro atoms. The van der Waals surface area contributed by atoms with Crippen molar-refractivity contribution < 1.29 is 4.74 Å². The molecule has 1 aliphatic rings. The highest BCUT2D eigenvalue weighted by molar-refractivity contribution is 7.10. The van der Waals surface area contributed by atoms with E-state index in [0.717, 1.165) is 13.0 Å². The van der Waals surface area contributed by atoms with Gasteiger partial charge in [-0.1, -0.05) is 5.24 Å². The van der Waals surface area contributed by atoms with Crippen LogP contribution in [0.4, 0.5) is 0 Å². The van der Waals surface area contributed by atoms with Crippen LogP contribution in [-0.2, 0) is 11.2 Å². The first-order valence-electron chi connectivity index (χ1n) is 5.27. The molecule has 0 fully saturated rings. The molecule has 2 nitrogen and oxygen atoms in total. The molecule has 0 saturated heterocycles. The van der Waals surface area contributed by atoms with E-state index in [1.165, 1.54) is 16.0 Å². The average molecular weight is 227 g/mol. The van der Waals surface area contributed by atoms with E-state index in [2.05, 4.69) is 17.6 Å². The van der Waals surface area contributed by atoms with Gasteiger partial charge in [-0.15, -0.1) is 11.3 Å². The monoisotopic (exact) mass is 227 g/mol. The van der Waals surface area contributed by atoms with Crippen molar-refractivity contribution in [1.82, 2.24) is 5.32 Å². The maximum absolute atomic E-state index is 5.72. The van der Waals surface area contributed by atoms with Gasteiger partial charge in [-0.05, 0) is 23.4 Å². The number of hydrogen-bond donors (Lipinski definition) is 1. The number of nitrogens with one attached hydrogen (secondary N) is 1. The lowest BCUT2D eigenvalue weighted by Crippen LogP contribution is -2.49. The number of aryl methyl sites for hydroxylation is 1. The Bertz CT molecular complexity index is 375. The summed E-state index contributed by atoms with van der Waals surface area (Å²) in [4.78, 5) is 1.40. The Morgan fingerprint density at radius 2 is 2.31 bits per heavy atom. The Morgan fingerprint density at radius 1 is 1.56 bits per heavy atom. The fourth-order valence-electron chi connectivity index (χ4n) is 1.94. The minimum Gasteiger partial charge on any atom is -0.372 e. The topological polar surface area (TPSA) is 21.3 Å². The summed E-state index contributed by atoms with van der Waals surface area (Å²) in [6.45, 7) is 3.37. The molecule has 1 atom stereocenters. The van der Waals surface area contributed by atoms with Gasteiger partial charge in [0.2, 0.25) is 0 Å². The molecule has 1 aromatic heterocycles. The third-order valence-corrected chi connectivity index (χ3v) is 3.85. The van der Waals surface area contributed by atoms with Gasteiger partial charge in [0.05, 0.1) is 36.2 Å². The summed E-state index contributed by atoms with van der Waals surface area (Å²) in [6.07, 6.45) is 0.994. The van der Waals surface area contributed by atoms with Crippen molar-refractivity contribution in [3.8, 4) is 0 Å². The third-order valence-electron chi connectivity index (χ3n) is 2.67. The Kier molecular flexibility index (Phi) is 3.52. The van der Waals surface area contributed by atoms with Crippen molar-refractivity contribution in [2.24, 2.45) is 0 Å². The van der Waals surface area contributed by atoms with Gasteiger partial charge < -0.3 is 10.1 Å². The summed E-state index contributed by atoms with van der Waals surface area (Å²) in [5, 5.41) is 3.68. The van der Waals surface area contributed by atoms with E-state index in [1.807, 2.05) is 0 Å². The van der Waals surface area contributed by atoms with Gasteiger partial charge >= 0.3 is 0 Å². The van der Waals surface area contributed by atoms with Crippen LogP contribution in [-0.4, -0.2) is 41.9 Å². The maximum Gasteiger partial charge on any atom is 0.0962 e. The third kappa shape index (κ3) is 2.73. The molecule has 0 amide bonds. The lowest BCUT2D eigenvalue weighted by molar-refractivity contribution is 0.0433. The first kappa shape index (κ1) is 12.3. The van der Waals surface area contributed by atoms with Crippen molar-refractivity contribution in [2.45, 2.75) is 24.7 Å². The summed E-state index contributed by atoms with van der Waals surface area (Å²) >= 11 is 1.79. The molecular weight excluding hydrogens is 215 g/mol. The van der Waals surface area contributed by atoms with E-state index in [-0.39, 0.29) is 6.10 Å². The Balaban J connectivity index is 2.10. The number of rotatable bonds is 3. The highest BCUT2D eigenvalue weighted by Crippen LogP contribution is 2.34. The van der Waals surface area contributed by atoms with E-state index < -0.39 is 5.24 Å². The molecule has 0 saturated carbocycles. The molecule has 1 aromatic rings. The maximum atomic E-state index is 5.72. The quantitative estimate of drug-likeness (QED) is 0.753. The fourth-order valence-corrected chi connectivity index (χ4v) is 3.01. The minimum absolute atomic E-state index is 0.00465. The Labute approximate surface area is 104 Å². The van der Waals surface area contributed by atoms with Crippen molar-refractivity contribution in [2.75, 3.05) is 13.2 Å². The average Bonchev–Trinajstić information content (AvgIpc) is 2.57. The SMILES string of the molecule is [B]C([B])([B])NC[C@H]1OCCc2scc(C)c21. The Morgan fingerprint density at radius 3 is 3.00 bits per heavy atom. The number of ether oxygens (including phenoxy) is 1. The predicted molar refractivity (Wildman–Crippen MR) is 69.4 cm³/mol. The normalized spacial score (nSPS) is 20.7. The zero-order chi connectivity index (χ0) is 11.8. The van der Waals surface area contributed by atoms with Crippen LogP contribution in [0.3, 0.4) is 0 Å². The molecule has 78 valence electrons. The molecule has 16 heavy (non-hydrogen) atoms. The second kappa shape index (κ2) is 4.59. The smallest absolute Gasteiger partial charge is 0.0962 e. The second-order valence-electron chi connectivity index (χ2n) is 4.18. The number of fused-ring (bicyclic) bond motifs is 1. The Hall–Kier alpha value is -0.185. The summed E-state index contributed by atoms with van der Waals surface area (Å²) < 4.78 is 5.72. The highest BCUT2D eigenvalue weighted by Gasteiger charge is 2.25. The standard InChI is InChI=1S/C10H12B3NOS/c1-6-5-16-8-2-3-15-7(9(6)8)4-14-10(11,12)13/h5,7,14H,2-4H2,1H3/t7-/m1/s1. The zero-order valence-corrected chi connectivity index (χ0v) is 10.1. The first-order chi connectivity index (χ1) is 7.47. The molecule has 1 N–H and O–H groups in total. The molecule has 6 heteroatoms. The van der Waals surface area contributed by atoms with Crippen LogP contribution in [0.25, 0.3) is 0 Å². The van der Waals surface area contributed by atoms with E-state index in [1.54, 1.807) is 11.3 Å². The summed E-state index contributed by atoms with van der Waals surface area (Å²) in [5.74, 6) is 0. The van der Waals surface area contributed by atoms with Gasteiger partial charge in [0.25, 0.3) is 0 Å². The van der Waals surface area contributed by atoms with Gasteiger partial charge in [-0.3, -0.25) is 0 Å². The van der Waals surface area contributed by atoms with E-state index in [9.17, 15) is 0 Å². The predicted octanol–water partition coefficient (Wildman–Crippen LogP) is 0.377. The van der Waals surface area contributed by atoms with Crippen molar-refractivity contribution >= 4 is 34.9 Å². The van der Waals surface area contributed by atoms with E-state index >= 15 is 0 Å². The molecule has 2 rings (SSSR count). The fraction of sp³-hybridized carbons (Fsp3) is 0.600. The van der Waals surface area contributed by atoms with Crippen LogP contribution in [0.5, 0.6) is 0 Å². The van der Waals surface area contributed by atoms with E-state index in [4.69, 9.17) is 28.3 Å².